The summed E-state index contributed by atoms with van der Waals surface area (Å²) in [5.41, 5.74) is 0.978. The van der Waals surface area contributed by atoms with Crippen molar-refractivity contribution in [2.45, 2.75) is 12.8 Å². The van der Waals surface area contributed by atoms with Crippen LogP contribution in [-0.4, -0.2) is 11.5 Å². The molecule has 0 heterocycles. The number of hydrogen-bond acceptors (Lipinski definition) is 2. The van der Waals surface area contributed by atoms with Crippen molar-refractivity contribution in [3.63, 3.8) is 0 Å². The number of nitro groups is 1. The molecule has 0 radical (unpaired) electrons. The minimum Gasteiger partial charge on any atom is -0.265 e. The molecule has 0 atom stereocenters. The topological polar surface area (TPSA) is 43.1 Å². The molecule has 1 aromatic carbocycles. The van der Waals surface area contributed by atoms with Gasteiger partial charge in [0.2, 0.25) is 6.54 Å². The monoisotopic (exact) mass is 199 g/mol. The maximum Gasteiger partial charge on any atom is 0.204 e. The van der Waals surface area contributed by atoms with Gasteiger partial charge < -0.3 is 0 Å². The highest BCUT2D eigenvalue weighted by atomic mass is 35.5. The fourth-order valence-electron chi connectivity index (χ4n) is 1.10. The third-order valence-electron chi connectivity index (χ3n) is 1.74. The molecule has 0 bridgehead atoms. The molecule has 0 fully saturated rings. The van der Waals surface area contributed by atoms with Crippen molar-refractivity contribution in [2.75, 3.05) is 6.54 Å². The van der Waals surface area contributed by atoms with Gasteiger partial charge in [-0.3, -0.25) is 10.1 Å². The molecule has 0 unspecified atom stereocenters. The summed E-state index contributed by atoms with van der Waals surface area (Å²) in [6, 6.07) is 7.41. The van der Waals surface area contributed by atoms with Crippen LogP contribution in [0.1, 0.15) is 12.0 Å². The maximum absolute atomic E-state index is 10.0. The summed E-state index contributed by atoms with van der Waals surface area (Å²) in [7, 11) is 0. The SMILES string of the molecule is O=[N+]([O-])CCCc1ccccc1Cl. The molecule has 13 heavy (non-hydrogen) atoms. The van der Waals surface area contributed by atoms with E-state index in [-0.39, 0.29) is 11.5 Å². The van der Waals surface area contributed by atoms with Gasteiger partial charge in [0.1, 0.15) is 0 Å². The van der Waals surface area contributed by atoms with Crippen LogP contribution < -0.4 is 0 Å². The lowest BCUT2D eigenvalue weighted by Crippen LogP contribution is -2.01. The summed E-state index contributed by atoms with van der Waals surface area (Å²) in [5.74, 6) is 0. The van der Waals surface area contributed by atoms with Crippen LogP contribution in [0, 0.1) is 10.1 Å². The van der Waals surface area contributed by atoms with E-state index in [2.05, 4.69) is 0 Å². The van der Waals surface area contributed by atoms with Gasteiger partial charge in [0.05, 0.1) is 0 Å². The molecule has 0 saturated heterocycles. The quantitative estimate of drug-likeness (QED) is 0.553. The number of rotatable bonds is 4. The number of hydrogen-bond donors (Lipinski definition) is 0. The fraction of sp³-hybridized carbons (Fsp3) is 0.333. The zero-order chi connectivity index (χ0) is 9.68. The Bertz CT molecular complexity index is 301. The van der Waals surface area contributed by atoms with Crippen LogP contribution in [-0.2, 0) is 6.42 Å². The Kier molecular flexibility index (Phi) is 3.71. The summed E-state index contributed by atoms with van der Waals surface area (Å²) in [6.45, 7) is 0.00518. The third-order valence-corrected chi connectivity index (χ3v) is 2.11. The first-order valence-corrected chi connectivity index (χ1v) is 4.43. The molecule has 1 rings (SSSR count). The van der Waals surface area contributed by atoms with Crippen LogP contribution in [0.2, 0.25) is 5.02 Å². The lowest BCUT2D eigenvalue weighted by atomic mass is 10.1. The van der Waals surface area contributed by atoms with Crippen molar-refractivity contribution < 1.29 is 4.92 Å². The maximum atomic E-state index is 10.0. The largest absolute Gasteiger partial charge is 0.265 e. The Hall–Kier alpha value is -1.09. The predicted octanol–water partition coefficient (Wildman–Crippen LogP) is 2.55. The molecule has 70 valence electrons. The first-order valence-electron chi connectivity index (χ1n) is 4.05. The molecule has 1 aromatic rings. The van der Waals surface area contributed by atoms with Crippen LogP contribution in [0.25, 0.3) is 0 Å². The molecule has 4 heteroatoms. The van der Waals surface area contributed by atoms with Gasteiger partial charge in [-0.05, 0) is 18.1 Å². The van der Waals surface area contributed by atoms with Gasteiger partial charge >= 0.3 is 0 Å². The van der Waals surface area contributed by atoms with Crippen molar-refractivity contribution in [3.8, 4) is 0 Å². The van der Waals surface area contributed by atoms with E-state index in [0.29, 0.717) is 17.9 Å². The van der Waals surface area contributed by atoms with Crippen molar-refractivity contribution in [1.29, 1.82) is 0 Å². The molecule has 0 aliphatic rings. The van der Waals surface area contributed by atoms with Gasteiger partial charge in [0.15, 0.2) is 0 Å². The summed E-state index contributed by atoms with van der Waals surface area (Å²) in [6.07, 6.45) is 1.21. The molecule has 0 saturated carbocycles. The number of benzene rings is 1. The van der Waals surface area contributed by atoms with Gasteiger partial charge in [-0.2, -0.15) is 0 Å². The number of halogens is 1. The average molecular weight is 200 g/mol. The number of aryl methyl sites for hydroxylation is 1. The van der Waals surface area contributed by atoms with E-state index < -0.39 is 0 Å². The van der Waals surface area contributed by atoms with Crippen LogP contribution in [0.3, 0.4) is 0 Å². The second kappa shape index (κ2) is 4.82. The zero-order valence-corrected chi connectivity index (χ0v) is 7.83. The second-order valence-electron chi connectivity index (χ2n) is 2.75. The van der Waals surface area contributed by atoms with Crippen molar-refractivity contribution >= 4 is 11.6 Å². The minimum atomic E-state index is -0.309. The van der Waals surface area contributed by atoms with Gasteiger partial charge in [-0.15, -0.1) is 0 Å². The molecular weight excluding hydrogens is 190 g/mol. The fourth-order valence-corrected chi connectivity index (χ4v) is 1.33. The van der Waals surface area contributed by atoms with Gasteiger partial charge in [-0.25, -0.2) is 0 Å². The predicted molar refractivity (Wildman–Crippen MR) is 51.6 cm³/mol. The van der Waals surface area contributed by atoms with E-state index in [4.69, 9.17) is 11.6 Å². The Morgan fingerprint density at radius 3 is 2.69 bits per heavy atom. The van der Waals surface area contributed by atoms with E-state index in [1.165, 1.54) is 0 Å². The van der Waals surface area contributed by atoms with Gasteiger partial charge in [0, 0.05) is 16.4 Å². The average Bonchev–Trinajstić information content (AvgIpc) is 2.08. The summed E-state index contributed by atoms with van der Waals surface area (Å²) in [4.78, 5) is 9.74. The standard InChI is InChI=1S/C9H10ClNO2/c10-9-6-2-1-4-8(9)5-3-7-11(12)13/h1-2,4,6H,3,5,7H2. The molecule has 0 N–H and O–H groups in total. The second-order valence-corrected chi connectivity index (χ2v) is 3.16. The zero-order valence-electron chi connectivity index (χ0n) is 7.07. The Labute approximate surface area is 81.5 Å². The lowest BCUT2D eigenvalue weighted by molar-refractivity contribution is -0.480. The molecule has 0 aliphatic carbocycles. The highest BCUT2D eigenvalue weighted by Gasteiger charge is 2.01. The normalized spacial score (nSPS) is 9.92. The summed E-state index contributed by atoms with van der Waals surface area (Å²) < 4.78 is 0. The molecule has 0 amide bonds. The van der Waals surface area contributed by atoms with Crippen molar-refractivity contribution in [1.82, 2.24) is 0 Å². The highest BCUT2D eigenvalue weighted by Crippen LogP contribution is 2.16. The highest BCUT2D eigenvalue weighted by molar-refractivity contribution is 6.31. The Balaban J connectivity index is 2.45. The summed E-state index contributed by atoms with van der Waals surface area (Å²) >= 11 is 5.87. The Morgan fingerprint density at radius 2 is 2.08 bits per heavy atom. The molecule has 3 nitrogen and oxygen atoms in total. The van der Waals surface area contributed by atoms with Gasteiger partial charge in [-0.1, -0.05) is 29.8 Å². The number of nitrogens with zero attached hydrogens (tertiary/aromatic N) is 1. The van der Waals surface area contributed by atoms with E-state index in [1.54, 1.807) is 6.07 Å². The first-order chi connectivity index (χ1) is 6.20. The van der Waals surface area contributed by atoms with Crippen molar-refractivity contribution in [3.05, 3.63) is 45.0 Å². The molecule has 0 aliphatic heterocycles. The molecular formula is C9H10ClNO2. The molecule has 0 spiro atoms. The van der Waals surface area contributed by atoms with Crippen LogP contribution in [0.4, 0.5) is 0 Å². The lowest BCUT2D eigenvalue weighted by Gasteiger charge is -2.00. The van der Waals surface area contributed by atoms with Crippen LogP contribution >= 0.6 is 11.6 Å². The summed E-state index contributed by atoms with van der Waals surface area (Å²) in [5, 5.41) is 10.7. The Morgan fingerprint density at radius 1 is 1.38 bits per heavy atom. The van der Waals surface area contributed by atoms with Gasteiger partial charge in [0.25, 0.3) is 0 Å². The third kappa shape index (κ3) is 3.42. The van der Waals surface area contributed by atoms with E-state index in [1.807, 2.05) is 18.2 Å². The molecule has 0 aromatic heterocycles. The minimum absolute atomic E-state index is 0.00518. The van der Waals surface area contributed by atoms with Crippen LogP contribution in [0.15, 0.2) is 24.3 Å². The van der Waals surface area contributed by atoms with Crippen LogP contribution in [0.5, 0.6) is 0 Å². The van der Waals surface area contributed by atoms with E-state index in [0.717, 1.165) is 5.56 Å². The smallest absolute Gasteiger partial charge is 0.204 e. The first kappa shape index (κ1) is 9.99. The van der Waals surface area contributed by atoms with E-state index in [9.17, 15) is 10.1 Å². The van der Waals surface area contributed by atoms with Crippen molar-refractivity contribution in [2.24, 2.45) is 0 Å². The van der Waals surface area contributed by atoms with E-state index >= 15 is 0 Å².